The van der Waals surface area contributed by atoms with Crippen molar-refractivity contribution in [2.45, 2.75) is 19.9 Å². The van der Waals surface area contributed by atoms with E-state index in [1.54, 1.807) is 0 Å². The van der Waals surface area contributed by atoms with E-state index in [0.717, 1.165) is 16.9 Å². The van der Waals surface area contributed by atoms with E-state index >= 15 is 0 Å². The average molecular weight is 203 g/mol. The molecule has 0 radical (unpaired) electrons. The second kappa shape index (κ2) is 3.66. The fourth-order valence-corrected chi connectivity index (χ4v) is 1.76. The summed E-state index contributed by atoms with van der Waals surface area (Å²) < 4.78 is 2.08. The molecule has 80 valence electrons. The summed E-state index contributed by atoms with van der Waals surface area (Å²) in [7, 11) is 2.02. The third-order valence-electron chi connectivity index (χ3n) is 2.84. The summed E-state index contributed by atoms with van der Waals surface area (Å²) in [5.41, 5.74) is 8.28. The van der Waals surface area contributed by atoms with Crippen LogP contribution in [0.1, 0.15) is 25.7 Å². The van der Waals surface area contributed by atoms with Crippen LogP contribution in [0.3, 0.4) is 0 Å². The number of nitrogens with two attached hydrogens (primary N) is 1. The topological polar surface area (TPSA) is 43.8 Å². The molecule has 1 atom stereocenters. The van der Waals surface area contributed by atoms with Crippen molar-refractivity contribution < 1.29 is 0 Å². The molecular formula is C12H17N3. The zero-order valence-corrected chi connectivity index (χ0v) is 9.44. The molecule has 0 saturated heterocycles. The van der Waals surface area contributed by atoms with Crippen molar-refractivity contribution in [3.63, 3.8) is 0 Å². The van der Waals surface area contributed by atoms with Gasteiger partial charge >= 0.3 is 0 Å². The Bertz CT molecular complexity index is 471. The molecule has 0 fully saturated rings. The van der Waals surface area contributed by atoms with Crippen LogP contribution in [0.25, 0.3) is 11.0 Å². The van der Waals surface area contributed by atoms with Crippen LogP contribution in [0, 0.1) is 5.92 Å². The number of para-hydroxylation sites is 2. The van der Waals surface area contributed by atoms with Gasteiger partial charge in [-0.1, -0.05) is 26.0 Å². The monoisotopic (exact) mass is 203 g/mol. The predicted octanol–water partition coefficient (Wildman–Crippen LogP) is 2.23. The summed E-state index contributed by atoms with van der Waals surface area (Å²) in [5, 5.41) is 0. The predicted molar refractivity (Wildman–Crippen MR) is 62.5 cm³/mol. The van der Waals surface area contributed by atoms with E-state index < -0.39 is 0 Å². The van der Waals surface area contributed by atoms with Crippen molar-refractivity contribution in [2.75, 3.05) is 0 Å². The first-order valence-corrected chi connectivity index (χ1v) is 5.28. The Balaban J connectivity index is 2.58. The lowest BCUT2D eigenvalue weighted by Crippen LogP contribution is -2.20. The van der Waals surface area contributed by atoms with Crippen LogP contribution >= 0.6 is 0 Å². The molecule has 2 N–H and O–H groups in total. The van der Waals surface area contributed by atoms with E-state index in [0.29, 0.717) is 5.92 Å². The molecule has 0 aliphatic rings. The minimum Gasteiger partial charge on any atom is -0.330 e. The molecule has 0 bridgehead atoms. The number of nitrogens with zero attached hydrogens (tertiary/aromatic N) is 2. The highest BCUT2D eigenvalue weighted by molar-refractivity contribution is 5.75. The van der Waals surface area contributed by atoms with Crippen LogP contribution in [-0.2, 0) is 7.05 Å². The molecule has 2 aromatic rings. The van der Waals surface area contributed by atoms with Crippen molar-refractivity contribution in [3.8, 4) is 0 Å². The van der Waals surface area contributed by atoms with Gasteiger partial charge in [-0.15, -0.1) is 0 Å². The molecule has 0 spiro atoms. The van der Waals surface area contributed by atoms with Crippen molar-refractivity contribution >= 4 is 11.0 Å². The first-order valence-electron chi connectivity index (χ1n) is 5.28. The fraction of sp³-hybridized carbons (Fsp3) is 0.417. The first-order chi connectivity index (χ1) is 7.11. The zero-order chi connectivity index (χ0) is 11.0. The van der Waals surface area contributed by atoms with Gasteiger partial charge in [-0.2, -0.15) is 0 Å². The van der Waals surface area contributed by atoms with Gasteiger partial charge in [0.25, 0.3) is 0 Å². The minimum atomic E-state index is 0.00222. The van der Waals surface area contributed by atoms with E-state index in [1.165, 1.54) is 0 Å². The Labute approximate surface area is 89.9 Å². The van der Waals surface area contributed by atoms with E-state index in [9.17, 15) is 0 Å². The number of fused-ring (bicyclic) bond motifs is 1. The van der Waals surface area contributed by atoms with Crippen LogP contribution in [0.5, 0.6) is 0 Å². The van der Waals surface area contributed by atoms with Gasteiger partial charge in [0.15, 0.2) is 0 Å². The van der Waals surface area contributed by atoms with Gasteiger partial charge in [-0.05, 0) is 18.1 Å². The van der Waals surface area contributed by atoms with Crippen molar-refractivity contribution in [1.82, 2.24) is 9.55 Å². The second-order valence-corrected chi connectivity index (χ2v) is 4.29. The van der Waals surface area contributed by atoms with Crippen LogP contribution in [0.2, 0.25) is 0 Å². The number of hydrogen-bond acceptors (Lipinski definition) is 2. The Morgan fingerprint density at radius 2 is 1.93 bits per heavy atom. The molecule has 15 heavy (non-hydrogen) atoms. The van der Waals surface area contributed by atoms with E-state index in [4.69, 9.17) is 5.73 Å². The lowest BCUT2D eigenvalue weighted by molar-refractivity contribution is 0.480. The van der Waals surface area contributed by atoms with Crippen LogP contribution in [-0.4, -0.2) is 9.55 Å². The van der Waals surface area contributed by atoms with Gasteiger partial charge in [0, 0.05) is 7.05 Å². The number of benzene rings is 1. The Morgan fingerprint density at radius 1 is 1.27 bits per heavy atom. The third-order valence-corrected chi connectivity index (χ3v) is 2.84. The largest absolute Gasteiger partial charge is 0.330 e. The molecule has 2 rings (SSSR count). The maximum Gasteiger partial charge on any atom is 0.126 e. The van der Waals surface area contributed by atoms with Crippen LogP contribution < -0.4 is 5.73 Å². The highest BCUT2D eigenvalue weighted by atomic mass is 15.1. The van der Waals surface area contributed by atoms with Crippen molar-refractivity contribution in [3.05, 3.63) is 30.1 Å². The van der Waals surface area contributed by atoms with Crippen molar-refractivity contribution in [2.24, 2.45) is 18.7 Å². The van der Waals surface area contributed by atoms with Gasteiger partial charge in [-0.3, -0.25) is 0 Å². The summed E-state index contributed by atoms with van der Waals surface area (Å²) in [6.07, 6.45) is 0. The number of aromatic nitrogens is 2. The van der Waals surface area contributed by atoms with E-state index in [2.05, 4.69) is 29.5 Å². The normalized spacial score (nSPS) is 13.7. The van der Waals surface area contributed by atoms with Crippen LogP contribution in [0.4, 0.5) is 0 Å². The second-order valence-electron chi connectivity index (χ2n) is 4.29. The number of aryl methyl sites for hydroxylation is 1. The third kappa shape index (κ3) is 1.63. The summed E-state index contributed by atoms with van der Waals surface area (Å²) in [4.78, 5) is 4.57. The fourth-order valence-electron chi connectivity index (χ4n) is 1.76. The SMILES string of the molecule is CC(C)C(N)c1nc2ccccc2n1C. The quantitative estimate of drug-likeness (QED) is 0.813. The average Bonchev–Trinajstić information content (AvgIpc) is 2.56. The van der Waals surface area contributed by atoms with Gasteiger partial charge < -0.3 is 10.3 Å². The van der Waals surface area contributed by atoms with Crippen LogP contribution in [0.15, 0.2) is 24.3 Å². The first kappa shape index (κ1) is 10.2. The lowest BCUT2D eigenvalue weighted by Gasteiger charge is -2.14. The molecule has 1 aromatic carbocycles. The van der Waals surface area contributed by atoms with E-state index in [1.807, 2.05) is 25.2 Å². The number of hydrogen-bond donors (Lipinski definition) is 1. The molecule has 1 heterocycles. The number of imidazole rings is 1. The summed E-state index contributed by atoms with van der Waals surface area (Å²) in [6, 6.07) is 8.11. The number of rotatable bonds is 2. The van der Waals surface area contributed by atoms with Gasteiger partial charge in [0.1, 0.15) is 5.82 Å². The standard InChI is InChI=1S/C12H17N3/c1-8(2)11(13)12-14-9-6-4-5-7-10(9)15(12)3/h4-8,11H,13H2,1-3H3. The molecule has 0 aliphatic heterocycles. The summed E-state index contributed by atoms with van der Waals surface area (Å²) in [5.74, 6) is 1.37. The molecule has 3 heteroatoms. The maximum absolute atomic E-state index is 6.12. The Morgan fingerprint density at radius 3 is 2.53 bits per heavy atom. The summed E-state index contributed by atoms with van der Waals surface area (Å²) in [6.45, 7) is 4.23. The maximum atomic E-state index is 6.12. The molecule has 0 amide bonds. The highest BCUT2D eigenvalue weighted by Gasteiger charge is 2.17. The molecule has 3 nitrogen and oxygen atoms in total. The van der Waals surface area contributed by atoms with Gasteiger partial charge in [0.05, 0.1) is 17.1 Å². The summed E-state index contributed by atoms with van der Waals surface area (Å²) >= 11 is 0. The Kier molecular flexibility index (Phi) is 2.49. The molecular weight excluding hydrogens is 186 g/mol. The van der Waals surface area contributed by atoms with Crippen molar-refractivity contribution in [1.29, 1.82) is 0 Å². The molecule has 0 aliphatic carbocycles. The zero-order valence-electron chi connectivity index (χ0n) is 9.44. The Hall–Kier alpha value is -1.35. The van der Waals surface area contributed by atoms with Gasteiger partial charge in [-0.25, -0.2) is 4.98 Å². The molecule has 1 unspecified atom stereocenters. The smallest absolute Gasteiger partial charge is 0.126 e. The molecule has 0 saturated carbocycles. The molecule has 1 aromatic heterocycles. The van der Waals surface area contributed by atoms with Gasteiger partial charge in [0.2, 0.25) is 0 Å². The van der Waals surface area contributed by atoms with E-state index in [-0.39, 0.29) is 6.04 Å². The lowest BCUT2D eigenvalue weighted by atomic mass is 10.1. The minimum absolute atomic E-state index is 0.00222. The highest BCUT2D eigenvalue weighted by Crippen LogP contribution is 2.22.